The molecule has 0 N–H and O–H groups in total. The van der Waals surface area contributed by atoms with Crippen molar-refractivity contribution in [3.63, 3.8) is 0 Å². The van der Waals surface area contributed by atoms with Gasteiger partial charge in [0, 0.05) is 5.92 Å². The second kappa shape index (κ2) is 4.57. The summed E-state index contributed by atoms with van der Waals surface area (Å²) >= 11 is 0. The molecule has 0 aromatic heterocycles. The van der Waals surface area contributed by atoms with Crippen LogP contribution in [-0.2, 0) is 0 Å². The Hall–Kier alpha value is -0.483. The fraction of sp³-hybridized carbons (Fsp3) is 0.714. The molecule has 0 aliphatic heterocycles. The number of rotatable bonds is 2. The van der Waals surface area contributed by atoms with E-state index in [1.54, 1.807) is 0 Å². The molecule has 1 heteroatoms. The van der Waals surface area contributed by atoms with Crippen LogP contribution in [0.1, 0.15) is 32.6 Å². The molecule has 84 valence electrons. The highest BCUT2D eigenvalue weighted by molar-refractivity contribution is 6.83. The van der Waals surface area contributed by atoms with Gasteiger partial charge in [0.25, 0.3) is 0 Å². The summed E-state index contributed by atoms with van der Waals surface area (Å²) in [6, 6.07) is 0. The fourth-order valence-electron chi connectivity index (χ4n) is 2.36. The third-order valence-electron chi connectivity index (χ3n) is 3.31. The molecule has 0 aromatic rings. The van der Waals surface area contributed by atoms with E-state index in [9.17, 15) is 0 Å². The quantitative estimate of drug-likeness (QED) is 0.371. The van der Waals surface area contributed by atoms with Crippen molar-refractivity contribution in [3.8, 4) is 11.5 Å². The van der Waals surface area contributed by atoms with Crippen LogP contribution in [0, 0.1) is 22.8 Å². The van der Waals surface area contributed by atoms with Crippen LogP contribution in [0.25, 0.3) is 0 Å². The predicted octanol–water partition coefficient (Wildman–Crippen LogP) is 4.25. The molecule has 1 saturated carbocycles. The smallest absolute Gasteiger partial charge is 0.129 e. The van der Waals surface area contributed by atoms with Gasteiger partial charge in [-0.1, -0.05) is 39.1 Å². The van der Waals surface area contributed by atoms with Gasteiger partial charge in [-0.05, 0) is 24.7 Å². The van der Waals surface area contributed by atoms with Crippen molar-refractivity contribution in [3.05, 3.63) is 12.7 Å². The first-order valence-corrected chi connectivity index (χ1v) is 9.51. The predicted molar refractivity (Wildman–Crippen MR) is 71.4 cm³/mol. The highest BCUT2D eigenvalue weighted by Crippen LogP contribution is 2.45. The maximum atomic E-state index is 3.87. The summed E-state index contributed by atoms with van der Waals surface area (Å²) in [6.45, 7) is 13.2. The molecule has 0 aromatic carbocycles. The Labute approximate surface area is 96.2 Å². The summed E-state index contributed by atoms with van der Waals surface area (Å²) in [5.74, 6) is 4.17. The monoisotopic (exact) mass is 220 g/mol. The van der Waals surface area contributed by atoms with Crippen LogP contribution in [0.2, 0.25) is 19.6 Å². The summed E-state index contributed by atoms with van der Waals surface area (Å²) in [4.78, 5) is 0. The number of hydrogen-bond acceptors (Lipinski definition) is 0. The van der Waals surface area contributed by atoms with E-state index in [1.807, 2.05) is 0 Å². The molecule has 1 aliphatic rings. The van der Waals surface area contributed by atoms with Crippen LogP contribution in [0.5, 0.6) is 0 Å². The summed E-state index contributed by atoms with van der Waals surface area (Å²) in [6.07, 6.45) is 7.15. The SMILES string of the molecule is C=CC[C@]1(C)CCC[C@@H]1C#C[Si](C)(C)C. The molecule has 0 heterocycles. The molecule has 15 heavy (non-hydrogen) atoms. The zero-order valence-electron chi connectivity index (χ0n) is 10.7. The third kappa shape index (κ3) is 3.54. The first kappa shape index (κ1) is 12.6. The lowest BCUT2D eigenvalue weighted by Crippen LogP contribution is -2.22. The minimum atomic E-state index is -1.20. The molecule has 0 nitrogen and oxygen atoms in total. The molecule has 1 aliphatic carbocycles. The topological polar surface area (TPSA) is 0 Å². The van der Waals surface area contributed by atoms with E-state index in [2.05, 4.69) is 50.7 Å². The van der Waals surface area contributed by atoms with Gasteiger partial charge >= 0.3 is 0 Å². The molecule has 1 rings (SSSR count). The first-order chi connectivity index (χ1) is 6.87. The molecule has 0 radical (unpaired) electrons. The zero-order valence-corrected chi connectivity index (χ0v) is 11.7. The highest BCUT2D eigenvalue weighted by Gasteiger charge is 2.36. The summed E-state index contributed by atoms with van der Waals surface area (Å²) in [5.41, 5.74) is 3.94. The van der Waals surface area contributed by atoms with Gasteiger partial charge in [0.1, 0.15) is 8.07 Å². The van der Waals surface area contributed by atoms with E-state index in [0.717, 1.165) is 6.42 Å². The van der Waals surface area contributed by atoms with E-state index in [1.165, 1.54) is 19.3 Å². The van der Waals surface area contributed by atoms with Gasteiger partial charge in [-0.15, -0.1) is 18.0 Å². The standard InChI is InChI=1S/C14H24Si/c1-6-10-14(2)11-7-8-13(14)9-12-15(3,4)5/h6,13H,1,7-8,10-11H2,2-5H3/t13-,14-/m1/s1. The Morgan fingerprint density at radius 2 is 2.13 bits per heavy atom. The molecule has 1 fully saturated rings. The molecule has 0 saturated heterocycles. The highest BCUT2D eigenvalue weighted by atomic mass is 28.3. The van der Waals surface area contributed by atoms with E-state index in [-0.39, 0.29) is 0 Å². The van der Waals surface area contributed by atoms with Crippen LogP contribution in [0.4, 0.5) is 0 Å². The van der Waals surface area contributed by atoms with Crippen LogP contribution < -0.4 is 0 Å². The van der Waals surface area contributed by atoms with Crippen molar-refractivity contribution in [2.24, 2.45) is 11.3 Å². The molecular formula is C14H24Si. The van der Waals surface area contributed by atoms with Crippen LogP contribution >= 0.6 is 0 Å². The van der Waals surface area contributed by atoms with Gasteiger partial charge in [-0.25, -0.2) is 0 Å². The largest absolute Gasteiger partial charge is 0.132 e. The Bertz CT molecular complexity index is 287. The summed E-state index contributed by atoms with van der Waals surface area (Å²) < 4.78 is 0. The average Bonchev–Trinajstić information content (AvgIpc) is 2.43. The van der Waals surface area contributed by atoms with Gasteiger partial charge in [0.15, 0.2) is 0 Å². The second-order valence-electron chi connectivity index (χ2n) is 6.11. The normalized spacial score (nSPS) is 30.8. The van der Waals surface area contributed by atoms with Crippen molar-refractivity contribution in [1.82, 2.24) is 0 Å². The number of allylic oxidation sites excluding steroid dienone is 1. The van der Waals surface area contributed by atoms with E-state index in [4.69, 9.17) is 0 Å². The van der Waals surface area contributed by atoms with Crippen LogP contribution in [-0.4, -0.2) is 8.07 Å². The lowest BCUT2D eigenvalue weighted by Gasteiger charge is -2.27. The Morgan fingerprint density at radius 3 is 2.67 bits per heavy atom. The summed E-state index contributed by atoms with van der Waals surface area (Å²) in [7, 11) is -1.20. The zero-order chi connectivity index (χ0) is 11.5. The minimum absolute atomic E-state index is 0.411. The first-order valence-electron chi connectivity index (χ1n) is 6.01. The van der Waals surface area contributed by atoms with Gasteiger partial charge < -0.3 is 0 Å². The molecule has 0 bridgehead atoms. The average molecular weight is 220 g/mol. The molecule has 2 atom stereocenters. The maximum Gasteiger partial charge on any atom is 0.129 e. The Balaban J connectivity index is 2.76. The van der Waals surface area contributed by atoms with Crippen LogP contribution in [0.3, 0.4) is 0 Å². The lowest BCUT2D eigenvalue weighted by atomic mass is 9.77. The van der Waals surface area contributed by atoms with Gasteiger partial charge in [0.2, 0.25) is 0 Å². The molecule has 0 unspecified atom stereocenters. The Morgan fingerprint density at radius 1 is 1.47 bits per heavy atom. The van der Waals surface area contributed by atoms with Crippen molar-refractivity contribution >= 4 is 8.07 Å². The van der Waals surface area contributed by atoms with E-state index in [0.29, 0.717) is 11.3 Å². The Kier molecular flexibility index (Phi) is 3.84. The second-order valence-corrected chi connectivity index (χ2v) is 10.9. The van der Waals surface area contributed by atoms with E-state index < -0.39 is 8.07 Å². The third-order valence-corrected chi connectivity index (χ3v) is 4.21. The van der Waals surface area contributed by atoms with Crippen molar-refractivity contribution < 1.29 is 0 Å². The van der Waals surface area contributed by atoms with Crippen LogP contribution in [0.15, 0.2) is 12.7 Å². The molecular weight excluding hydrogens is 196 g/mol. The van der Waals surface area contributed by atoms with Crippen molar-refractivity contribution in [2.45, 2.75) is 52.2 Å². The van der Waals surface area contributed by atoms with Crippen molar-refractivity contribution in [1.29, 1.82) is 0 Å². The lowest BCUT2D eigenvalue weighted by molar-refractivity contribution is 0.284. The number of hydrogen-bond donors (Lipinski definition) is 0. The molecule has 0 spiro atoms. The van der Waals surface area contributed by atoms with E-state index >= 15 is 0 Å². The van der Waals surface area contributed by atoms with Crippen molar-refractivity contribution in [2.75, 3.05) is 0 Å². The van der Waals surface area contributed by atoms with Gasteiger partial charge in [-0.2, -0.15) is 0 Å². The molecule has 0 amide bonds. The minimum Gasteiger partial charge on any atom is -0.132 e. The van der Waals surface area contributed by atoms with Gasteiger partial charge in [0.05, 0.1) is 0 Å². The fourth-order valence-corrected chi connectivity index (χ4v) is 2.96. The van der Waals surface area contributed by atoms with Gasteiger partial charge in [-0.3, -0.25) is 0 Å². The summed E-state index contributed by atoms with van der Waals surface area (Å²) in [5, 5.41) is 0. The maximum absolute atomic E-state index is 3.87.